The summed E-state index contributed by atoms with van der Waals surface area (Å²) in [6.07, 6.45) is 1.64. The van der Waals surface area contributed by atoms with Crippen molar-refractivity contribution in [3.8, 4) is 5.75 Å². The van der Waals surface area contributed by atoms with Crippen LogP contribution in [0.4, 0.5) is 8.78 Å². The van der Waals surface area contributed by atoms with Crippen LogP contribution in [0.5, 0.6) is 5.75 Å². The van der Waals surface area contributed by atoms with Crippen LogP contribution >= 0.6 is 0 Å². The zero-order valence-corrected chi connectivity index (χ0v) is 19.4. The van der Waals surface area contributed by atoms with Gasteiger partial charge >= 0.3 is 5.97 Å². The summed E-state index contributed by atoms with van der Waals surface area (Å²) in [5, 5.41) is 10.4. The molecule has 180 valence electrons. The van der Waals surface area contributed by atoms with E-state index in [9.17, 15) is 18.7 Å². The molecule has 2 aliphatic heterocycles. The summed E-state index contributed by atoms with van der Waals surface area (Å²) in [5.74, 6) is -2.83. The number of nitrogens with zero attached hydrogens (tertiary/aromatic N) is 2. The average molecular weight is 470 g/mol. The number of carboxylic acid groups (broad SMARTS) is 1. The highest BCUT2D eigenvalue weighted by Gasteiger charge is 2.45. The average Bonchev–Trinajstić information content (AvgIpc) is 3.30. The smallest absolute Gasteiger partial charge is 0.335 e. The Balaban J connectivity index is 1.53. The van der Waals surface area contributed by atoms with Crippen molar-refractivity contribution >= 4 is 16.9 Å². The van der Waals surface area contributed by atoms with Gasteiger partial charge in [0.2, 0.25) is 0 Å². The van der Waals surface area contributed by atoms with Crippen LogP contribution in [-0.2, 0) is 6.54 Å². The summed E-state index contributed by atoms with van der Waals surface area (Å²) >= 11 is 0. The van der Waals surface area contributed by atoms with Crippen LogP contribution in [0.25, 0.3) is 10.9 Å². The van der Waals surface area contributed by atoms with Crippen molar-refractivity contribution in [2.45, 2.75) is 44.3 Å². The predicted molar refractivity (Wildman–Crippen MR) is 126 cm³/mol. The van der Waals surface area contributed by atoms with E-state index < -0.39 is 11.9 Å². The summed E-state index contributed by atoms with van der Waals surface area (Å²) in [6.45, 7) is 4.06. The van der Waals surface area contributed by atoms with Gasteiger partial charge in [0.1, 0.15) is 5.75 Å². The summed E-state index contributed by atoms with van der Waals surface area (Å²) in [4.78, 5) is 19.0. The van der Waals surface area contributed by atoms with Gasteiger partial charge < -0.3 is 14.8 Å². The standard InChI is InChI=1S/C26H29F2N3O3/c1-16-11-23(34-2)21(20-7-9-29-24(16)20)14-31-13-19-12-26(27,28)8-10-30(19)15-22(31)17-3-5-18(6-4-17)25(32)33/h3-7,9,11,19,22,29H,8,10,12-15H2,1-2H3,(H,32,33). The monoisotopic (exact) mass is 469 g/mol. The first-order chi connectivity index (χ1) is 16.3. The molecule has 0 radical (unpaired) electrons. The van der Waals surface area contributed by atoms with E-state index in [1.807, 2.05) is 37.4 Å². The molecule has 0 aliphatic carbocycles. The molecule has 3 heterocycles. The zero-order valence-electron chi connectivity index (χ0n) is 19.4. The fourth-order valence-corrected chi connectivity index (χ4v) is 5.54. The molecule has 1 aromatic heterocycles. The number of hydrogen-bond acceptors (Lipinski definition) is 4. The summed E-state index contributed by atoms with van der Waals surface area (Å²) in [7, 11) is 1.65. The minimum absolute atomic E-state index is 0.0502. The van der Waals surface area contributed by atoms with E-state index in [0.29, 0.717) is 26.2 Å². The fourth-order valence-electron chi connectivity index (χ4n) is 5.54. The Kier molecular flexibility index (Phi) is 5.81. The van der Waals surface area contributed by atoms with Crippen LogP contribution in [0, 0.1) is 6.92 Å². The van der Waals surface area contributed by atoms with Crippen molar-refractivity contribution in [1.82, 2.24) is 14.8 Å². The number of alkyl halides is 2. The first kappa shape index (κ1) is 22.8. The lowest BCUT2D eigenvalue weighted by Crippen LogP contribution is -2.58. The maximum atomic E-state index is 14.3. The van der Waals surface area contributed by atoms with E-state index in [0.717, 1.165) is 33.3 Å². The number of fused-ring (bicyclic) bond motifs is 2. The van der Waals surface area contributed by atoms with Gasteiger partial charge in [0.15, 0.2) is 0 Å². The molecular formula is C26H29F2N3O3. The Labute approximate surface area is 197 Å². The van der Waals surface area contributed by atoms with Crippen LogP contribution in [0.15, 0.2) is 42.6 Å². The van der Waals surface area contributed by atoms with Crippen molar-refractivity contribution in [2.24, 2.45) is 0 Å². The molecule has 5 rings (SSSR count). The molecule has 2 fully saturated rings. The highest BCUT2D eigenvalue weighted by molar-refractivity contribution is 5.88. The lowest BCUT2D eigenvalue weighted by Gasteiger charge is -2.50. The van der Waals surface area contributed by atoms with E-state index in [4.69, 9.17) is 4.74 Å². The van der Waals surface area contributed by atoms with E-state index in [1.165, 1.54) is 0 Å². The number of hydrogen-bond donors (Lipinski definition) is 2. The summed E-state index contributed by atoms with van der Waals surface area (Å²) < 4.78 is 34.3. The van der Waals surface area contributed by atoms with E-state index >= 15 is 0 Å². The first-order valence-electron chi connectivity index (χ1n) is 11.6. The van der Waals surface area contributed by atoms with E-state index in [1.54, 1.807) is 19.2 Å². The van der Waals surface area contributed by atoms with Crippen molar-refractivity contribution in [3.63, 3.8) is 0 Å². The lowest BCUT2D eigenvalue weighted by atomic mass is 9.90. The molecule has 8 heteroatoms. The van der Waals surface area contributed by atoms with Crippen LogP contribution < -0.4 is 4.74 Å². The molecule has 0 spiro atoms. The Morgan fingerprint density at radius 3 is 2.71 bits per heavy atom. The van der Waals surface area contributed by atoms with Crippen LogP contribution in [-0.4, -0.2) is 64.6 Å². The molecule has 6 nitrogen and oxygen atoms in total. The van der Waals surface area contributed by atoms with Gasteiger partial charge in [-0.1, -0.05) is 12.1 Å². The maximum absolute atomic E-state index is 14.3. The topological polar surface area (TPSA) is 68.8 Å². The maximum Gasteiger partial charge on any atom is 0.335 e. The number of H-pyrrole nitrogens is 1. The third-order valence-electron chi connectivity index (χ3n) is 7.34. The second-order valence-electron chi connectivity index (χ2n) is 9.47. The number of aromatic nitrogens is 1. The van der Waals surface area contributed by atoms with Gasteiger partial charge in [-0.25, -0.2) is 13.6 Å². The number of aromatic amines is 1. The second kappa shape index (κ2) is 8.67. The number of aryl methyl sites for hydroxylation is 1. The first-order valence-corrected chi connectivity index (χ1v) is 11.6. The summed E-state index contributed by atoms with van der Waals surface area (Å²) in [5.41, 5.74) is 4.36. The largest absolute Gasteiger partial charge is 0.496 e. The summed E-state index contributed by atoms with van der Waals surface area (Å²) in [6, 6.07) is 10.7. The number of rotatable bonds is 5. The Hall–Kier alpha value is -2.97. The predicted octanol–water partition coefficient (Wildman–Crippen LogP) is 4.84. The van der Waals surface area contributed by atoms with E-state index in [2.05, 4.69) is 14.8 Å². The zero-order chi connectivity index (χ0) is 24.0. The van der Waals surface area contributed by atoms with E-state index in [-0.39, 0.29) is 30.5 Å². The SMILES string of the molecule is COc1cc(C)c2[nH]ccc2c1CN1CC2CC(F)(F)CCN2CC1c1ccc(C(=O)O)cc1. The molecule has 2 unspecified atom stereocenters. The minimum Gasteiger partial charge on any atom is -0.496 e. The van der Waals surface area contributed by atoms with Gasteiger partial charge in [-0.3, -0.25) is 9.80 Å². The number of halogens is 2. The Bertz CT molecular complexity index is 1210. The Morgan fingerprint density at radius 1 is 1.24 bits per heavy atom. The van der Waals surface area contributed by atoms with Crippen LogP contribution in [0.1, 0.15) is 45.9 Å². The molecule has 0 amide bonds. The molecule has 2 aromatic carbocycles. The molecule has 2 atom stereocenters. The van der Waals surface area contributed by atoms with Gasteiger partial charge in [-0.15, -0.1) is 0 Å². The van der Waals surface area contributed by atoms with Gasteiger partial charge in [0.25, 0.3) is 5.92 Å². The van der Waals surface area contributed by atoms with Gasteiger partial charge in [0, 0.05) is 73.8 Å². The molecule has 2 N–H and O–H groups in total. The third kappa shape index (κ3) is 4.16. The third-order valence-corrected chi connectivity index (χ3v) is 7.34. The Morgan fingerprint density at radius 2 is 2.00 bits per heavy atom. The van der Waals surface area contributed by atoms with Gasteiger partial charge in [-0.2, -0.15) is 0 Å². The molecule has 34 heavy (non-hydrogen) atoms. The highest BCUT2D eigenvalue weighted by Crippen LogP contribution is 2.40. The number of piperazine rings is 1. The number of carbonyl (C=O) groups is 1. The normalized spacial score (nSPS) is 23.1. The van der Waals surface area contributed by atoms with Crippen molar-refractivity contribution in [2.75, 3.05) is 26.7 Å². The van der Waals surface area contributed by atoms with Crippen LogP contribution in [0.3, 0.4) is 0 Å². The number of aromatic carboxylic acids is 1. The van der Waals surface area contributed by atoms with Crippen molar-refractivity contribution in [3.05, 3.63) is 64.8 Å². The van der Waals surface area contributed by atoms with Gasteiger partial charge in [-0.05, 0) is 42.3 Å². The molecular weight excluding hydrogens is 440 g/mol. The van der Waals surface area contributed by atoms with Gasteiger partial charge in [0.05, 0.1) is 12.7 Å². The van der Waals surface area contributed by atoms with Crippen molar-refractivity contribution in [1.29, 1.82) is 0 Å². The number of ether oxygens (including phenoxy) is 1. The molecule has 0 bridgehead atoms. The molecule has 2 saturated heterocycles. The quantitative estimate of drug-likeness (QED) is 0.560. The number of carboxylic acids is 1. The van der Waals surface area contributed by atoms with Crippen LogP contribution in [0.2, 0.25) is 0 Å². The lowest BCUT2D eigenvalue weighted by molar-refractivity contribution is -0.106. The molecule has 3 aromatic rings. The number of piperidine rings is 1. The second-order valence-corrected chi connectivity index (χ2v) is 9.47. The number of methoxy groups -OCH3 is 1. The molecule has 2 aliphatic rings. The van der Waals surface area contributed by atoms with Crippen molar-refractivity contribution < 1.29 is 23.4 Å². The number of benzene rings is 2. The highest BCUT2D eigenvalue weighted by atomic mass is 19.3. The fraction of sp³-hybridized carbons (Fsp3) is 0.423. The minimum atomic E-state index is -2.64. The number of nitrogens with one attached hydrogen (secondary N) is 1. The molecule has 0 saturated carbocycles.